The van der Waals surface area contributed by atoms with Gasteiger partial charge in [-0.1, -0.05) is 6.07 Å². The van der Waals surface area contributed by atoms with Crippen LogP contribution in [0.5, 0.6) is 5.75 Å². The van der Waals surface area contributed by atoms with E-state index in [0.29, 0.717) is 5.56 Å². The number of hydrogen-bond acceptors (Lipinski definition) is 5. The van der Waals surface area contributed by atoms with Crippen LogP contribution in [0.3, 0.4) is 0 Å². The topological polar surface area (TPSA) is 72.1 Å². The van der Waals surface area contributed by atoms with Gasteiger partial charge in [0.05, 0.1) is 18.0 Å². The summed E-state index contributed by atoms with van der Waals surface area (Å²) in [6, 6.07) is 4.13. The number of halogens is 5. The van der Waals surface area contributed by atoms with Gasteiger partial charge in [-0.05, 0) is 26.0 Å². The van der Waals surface area contributed by atoms with Crippen LogP contribution >= 0.6 is 0 Å². The van der Waals surface area contributed by atoms with Crippen molar-refractivity contribution in [1.29, 1.82) is 0 Å². The van der Waals surface area contributed by atoms with E-state index in [-0.39, 0.29) is 35.8 Å². The Labute approximate surface area is 173 Å². The van der Waals surface area contributed by atoms with Crippen molar-refractivity contribution in [2.24, 2.45) is 0 Å². The Hall–Kier alpha value is -2.95. The van der Waals surface area contributed by atoms with E-state index in [1.165, 1.54) is 32.0 Å². The Morgan fingerprint density at radius 3 is 2.68 bits per heavy atom. The van der Waals surface area contributed by atoms with Crippen LogP contribution in [0.1, 0.15) is 31.1 Å². The second-order valence-electron chi connectivity index (χ2n) is 7.85. The number of anilines is 1. The first-order valence-electron chi connectivity index (χ1n) is 9.41. The number of aromatic amines is 1. The summed E-state index contributed by atoms with van der Waals surface area (Å²) in [4.78, 5) is 10.2. The fraction of sp³-hybridized carbons (Fsp3) is 0.400. The highest BCUT2D eigenvalue weighted by Crippen LogP contribution is 2.38. The van der Waals surface area contributed by atoms with Crippen LogP contribution in [0.4, 0.5) is 27.8 Å². The number of fused-ring (bicyclic) bond motifs is 2. The van der Waals surface area contributed by atoms with Gasteiger partial charge in [0.1, 0.15) is 53.4 Å². The normalized spacial score (nSPS) is 19.2. The van der Waals surface area contributed by atoms with E-state index in [0.717, 1.165) is 12.4 Å². The quantitative estimate of drug-likeness (QED) is 0.556. The molecule has 0 radical (unpaired) electrons. The minimum absolute atomic E-state index is 0.00132. The SMILES string of the molecule is CC(C)(F)CO[C@H]1COc2cc(F)ccc2C1Nc1ncnc2[nH]c(C(F)(F)F)cc12. The van der Waals surface area contributed by atoms with Gasteiger partial charge >= 0.3 is 6.18 Å². The van der Waals surface area contributed by atoms with Crippen molar-refractivity contribution >= 4 is 16.9 Å². The molecule has 0 bridgehead atoms. The van der Waals surface area contributed by atoms with E-state index in [1.54, 1.807) is 0 Å². The summed E-state index contributed by atoms with van der Waals surface area (Å²) in [6.07, 6.45) is -4.18. The van der Waals surface area contributed by atoms with Gasteiger partial charge in [0.15, 0.2) is 0 Å². The van der Waals surface area contributed by atoms with E-state index in [2.05, 4.69) is 20.3 Å². The molecular formula is C20H19F5N4O2. The van der Waals surface area contributed by atoms with Gasteiger partial charge in [-0.3, -0.25) is 0 Å². The fourth-order valence-electron chi connectivity index (χ4n) is 3.33. The molecule has 1 unspecified atom stereocenters. The second kappa shape index (κ2) is 7.63. The van der Waals surface area contributed by atoms with Gasteiger partial charge in [0.25, 0.3) is 0 Å². The number of H-pyrrole nitrogens is 1. The molecule has 4 rings (SSSR count). The lowest BCUT2D eigenvalue weighted by Crippen LogP contribution is -2.40. The maximum absolute atomic E-state index is 14.0. The summed E-state index contributed by atoms with van der Waals surface area (Å²) >= 11 is 0. The molecule has 0 saturated heterocycles. The third kappa shape index (κ3) is 4.55. The smallest absolute Gasteiger partial charge is 0.431 e. The van der Waals surface area contributed by atoms with Crippen molar-refractivity contribution < 1.29 is 31.4 Å². The predicted octanol–water partition coefficient (Wildman–Crippen LogP) is 4.79. The molecule has 1 aliphatic rings. The Bertz CT molecular complexity index is 1090. The molecule has 3 aromatic rings. The number of benzene rings is 1. The first-order valence-corrected chi connectivity index (χ1v) is 9.41. The zero-order valence-electron chi connectivity index (χ0n) is 16.6. The third-order valence-electron chi connectivity index (χ3n) is 4.75. The number of hydrogen-bond donors (Lipinski definition) is 2. The predicted molar refractivity (Wildman–Crippen MR) is 102 cm³/mol. The summed E-state index contributed by atoms with van der Waals surface area (Å²) in [5.41, 5.74) is -2.07. The molecular weight excluding hydrogens is 423 g/mol. The summed E-state index contributed by atoms with van der Waals surface area (Å²) in [7, 11) is 0. The molecule has 2 aromatic heterocycles. The van der Waals surface area contributed by atoms with Crippen molar-refractivity contribution in [3.63, 3.8) is 0 Å². The molecule has 2 N–H and O–H groups in total. The Morgan fingerprint density at radius 1 is 1.19 bits per heavy atom. The highest BCUT2D eigenvalue weighted by atomic mass is 19.4. The van der Waals surface area contributed by atoms with E-state index >= 15 is 0 Å². The van der Waals surface area contributed by atoms with Crippen LogP contribution < -0.4 is 10.1 Å². The van der Waals surface area contributed by atoms with E-state index in [4.69, 9.17) is 9.47 Å². The lowest BCUT2D eigenvalue weighted by atomic mass is 9.97. The molecule has 1 aliphatic heterocycles. The molecule has 6 nitrogen and oxygen atoms in total. The van der Waals surface area contributed by atoms with Gasteiger partial charge in [0, 0.05) is 11.6 Å². The van der Waals surface area contributed by atoms with Crippen molar-refractivity contribution in [3.8, 4) is 5.75 Å². The van der Waals surface area contributed by atoms with Crippen molar-refractivity contribution in [2.45, 2.75) is 37.8 Å². The zero-order chi connectivity index (χ0) is 22.4. The molecule has 2 atom stereocenters. The first kappa shape index (κ1) is 21.3. The number of nitrogens with one attached hydrogen (secondary N) is 2. The molecule has 0 fully saturated rings. The van der Waals surface area contributed by atoms with Crippen LogP contribution in [0.25, 0.3) is 11.0 Å². The Balaban J connectivity index is 1.72. The van der Waals surface area contributed by atoms with Gasteiger partial charge in [-0.15, -0.1) is 0 Å². The minimum Gasteiger partial charge on any atom is -0.490 e. The molecule has 0 aliphatic carbocycles. The third-order valence-corrected chi connectivity index (χ3v) is 4.75. The first-order chi connectivity index (χ1) is 14.5. The summed E-state index contributed by atoms with van der Waals surface area (Å²) < 4.78 is 78.3. The molecule has 0 amide bonds. The molecule has 0 spiro atoms. The lowest BCUT2D eigenvalue weighted by molar-refractivity contribution is -0.140. The van der Waals surface area contributed by atoms with Crippen LogP contribution in [-0.2, 0) is 10.9 Å². The number of nitrogens with zero attached hydrogens (tertiary/aromatic N) is 2. The van der Waals surface area contributed by atoms with Gasteiger partial charge in [-0.25, -0.2) is 18.7 Å². The van der Waals surface area contributed by atoms with Crippen LogP contribution in [0, 0.1) is 5.82 Å². The van der Waals surface area contributed by atoms with Crippen LogP contribution in [-0.4, -0.2) is 39.9 Å². The summed E-state index contributed by atoms with van der Waals surface area (Å²) in [5.74, 6) is -0.133. The van der Waals surface area contributed by atoms with E-state index in [9.17, 15) is 22.0 Å². The summed E-state index contributed by atoms with van der Waals surface area (Å²) in [5, 5.41) is 3.18. The minimum atomic E-state index is -4.58. The molecule has 31 heavy (non-hydrogen) atoms. The maximum atomic E-state index is 14.0. The molecule has 11 heteroatoms. The zero-order valence-corrected chi connectivity index (χ0v) is 16.6. The average molecular weight is 442 g/mol. The van der Waals surface area contributed by atoms with Crippen molar-refractivity contribution in [2.75, 3.05) is 18.5 Å². The molecule has 166 valence electrons. The number of alkyl halides is 4. The average Bonchev–Trinajstić information content (AvgIpc) is 3.12. The lowest BCUT2D eigenvalue weighted by Gasteiger charge is -2.35. The summed E-state index contributed by atoms with van der Waals surface area (Å²) in [6.45, 7) is 2.46. The van der Waals surface area contributed by atoms with Crippen LogP contribution in [0.2, 0.25) is 0 Å². The van der Waals surface area contributed by atoms with Gasteiger partial charge in [-0.2, -0.15) is 13.2 Å². The molecule has 1 aromatic carbocycles. The molecule has 0 saturated carbocycles. The largest absolute Gasteiger partial charge is 0.490 e. The van der Waals surface area contributed by atoms with Gasteiger partial charge in [0.2, 0.25) is 0 Å². The highest BCUT2D eigenvalue weighted by Gasteiger charge is 2.36. The highest BCUT2D eigenvalue weighted by molar-refractivity contribution is 5.88. The number of aromatic nitrogens is 3. The van der Waals surface area contributed by atoms with Crippen molar-refractivity contribution in [3.05, 3.63) is 47.7 Å². The van der Waals surface area contributed by atoms with Gasteiger partial charge < -0.3 is 19.8 Å². The molecule has 3 heterocycles. The van der Waals surface area contributed by atoms with E-state index in [1.807, 2.05) is 0 Å². The van der Waals surface area contributed by atoms with Crippen molar-refractivity contribution in [1.82, 2.24) is 15.0 Å². The number of ether oxygens (including phenoxy) is 2. The Kier molecular flexibility index (Phi) is 5.24. The second-order valence-corrected chi connectivity index (χ2v) is 7.85. The Morgan fingerprint density at radius 2 is 1.97 bits per heavy atom. The van der Waals surface area contributed by atoms with E-state index < -0.39 is 35.5 Å². The number of rotatable bonds is 5. The van der Waals surface area contributed by atoms with Crippen LogP contribution in [0.15, 0.2) is 30.6 Å². The maximum Gasteiger partial charge on any atom is 0.431 e. The standard InChI is InChI=1S/C20H19F5N4O2/c1-19(2,22)8-31-14-7-30-13-5-10(21)3-4-11(13)16(14)29-18-12-6-15(20(23,24)25)28-17(12)26-9-27-18/h3-6,9,14,16H,7-8H2,1-2H3,(H2,26,27,28,29)/t14-,16?/m0/s1. The fourth-order valence-corrected chi connectivity index (χ4v) is 3.33. The monoisotopic (exact) mass is 442 g/mol.